The average Bonchev–Trinajstić information content (AvgIpc) is 3.07. The monoisotopic (exact) mass is 649 g/mol. The van der Waals surface area contributed by atoms with E-state index >= 15 is 0 Å². The molecule has 0 aliphatic heterocycles. The molecule has 11 heteroatoms. The van der Waals surface area contributed by atoms with Crippen molar-refractivity contribution in [3.63, 3.8) is 0 Å². The number of nitrogens with zero attached hydrogens (tertiary/aromatic N) is 1. The molecule has 0 aliphatic rings. The second kappa shape index (κ2) is 28.4. The first-order valence-corrected chi connectivity index (χ1v) is 16.7. The third kappa shape index (κ3) is 21.9. The topological polar surface area (TPSA) is 117 Å². The summed E-state index contributed by atoms with van der Waals surface area (Å²) in [7, 11) is 0. The lowest BCUT2D eigenvalue weighted by Gasteiger charge is -2.09. The second-order valence-corrected chi connectivity index (χ2v) is 10.6. The number of rotatable bonds is 32. The molecule has 0 N–H and O–H groups in total. The molecule has 0 amide bonds. The van der Waals surface area contributed by atoms with E-state index < -0.39 is 4.92 Å². The Morgan fingerprint density at radius 3 is 1.22 bits per heavy atom. The average molecular weight is 650 g/mol. The van der Waals surface area contributed by atoms with Crippen LogP contribution in [0.2, 0.25) is 0 Å². The van der Waals surface area contributed by atoms with Gasteiger partial charge in [-0.15, -0.1) is 0 Å². The van der Waals surface area contributed by atoms with Crippen LogP contribution in [0.1, 0.15) is 57.4 Å². The molecule has 0 saturated carbocycles. The van der Waals surface area contributed by atoms with Gasteiger partial charge in [0, 0.05) is 12.1 Å². The maximum absolute atomic E-state index is 10.6. The van der Waals surface area contributed by atoms with E-state index in [0.29, 0.717) is 98.2 Å². The van der Waals surface area contributed by atoms with Crippen LogP contribution in [-0.4, -0.2) is 97.4 Å². The van der Waals surface area contributed by atoms with Crippen molar-refractivity contribution in [3.05, 3.63) is 64.2 Å². The Bertz CT molecular complexity index is 974. The molecular weight excluding hydrogens is 594 g/mol. The van der Waals surface area contributed by atoms with E-state index in [0.717, 1.165) is 12.2 Å². The lowest BCUT2D eigenvalue weighted by Crippen LogP contribution is -2.15. The number of nitro groups is 1. The van der Waals surface area contributed by atoms with E-state index in [1.807, 2.05) is 12.1 Å². The highest BCUT2D eigenvalue weighted by Gasteiger charge is 2.04. The zero-order chi connectivity index (χ0) is 32.8. The zero-order valence-electron chi connectivity index (χ0n) is 27.7. The highest BCUT2D eigenvalue weighted by molar-refractivity contribution is 5.35. The summed E-state index contributed by atoms with van der Waals surface area (Å²) in [4.78, 5) is 10.2. The van der Waals surface area contributed by atoms with Gasteiger partial charge in [0.1, 0.15) is 24.7 Å². The van der Waals surface area contributed by atoms with Crippen LogP contribution in [0.25, 0.3) is 0 Å². The van der Waals surface area contributed by atoms with E-state index in [4.69, 9.17) is 37.9 Å². The summed E-state index contributed by atoms with van der Waals surface area (Å²) in [6, 6.07) is 14.4. The Morgan fingerprint density at radius 1 is 0.478 bits per heavy atom. The fourth-order valence-corrected chi connectivity index (χ4v) is 4.34. The quantitative estimate of drug-likeness (QED) is 0.0498. The van der Waals surface area contributed by atoms with Gasteiger partial charge >= 0.3 is 0 Å². The highest BCUT2D eigenvalue weighted by atomic mass is 16.6. The summed E-state index contributed by atoms with van der Waals surface area (Å²) in [5.74, 6) is 1.44. The number of hydrogen-bond acceptors (Lipinski definition) is 10. The van der Waals surface area contributed by atoms with Crippen LogP contribution in [0.5, 0.6) is 11.5 Å². The number of ether oxygens (including phenoxy) is 8. The molecule has 0 aromatic heterocycles. The predicted octanol–water partition coefficient (Wildman–Crippen LogP) is 6.45. The van der Waals surface area contributed by atoms with E-state index in [1.54, 1.807) is 12.1 Å². The molecule has 0 saturated heterocycles. The van der Waals surface area contributed by atoms with Crippen LogP contribution in [0, 0.1) is 10.1 Å². The van der Waals surface area contributed by atoms with Crippen molar-refractivity contribution in [1.82, 2.24) is 0 Å². The first kappa shape index (κ1) is 39.4. The summed E-state index contributed by atoms with van der Waals surface area (Å²) in [5.41, 5.74) is 1.40. The lowest BCUT2D eigenvalue weighted by molar-refractivity contribution is -0.384. The van der Waals surface area contributed by atoms with Crippen molar-refractivity contribution >= 4 is 5.69 Å². The first-order valence-electron chi connectivity index (χ1n) is 16.7. The summed E-state index contributed by atoms with van der Waals surface area (Å²) < 4.78 is 44.2. The van der Waals surface area contributed by atoms with Gasteiger partial charge in [-0.1, -0.05) is 57.6 Å². The molecule has 46 heavy (non-hydrogen) atoms. The predicted molar refractivity (Wildman–Crippen MR) is 177 cm³/mol. The zero-order valence-corrected chi connectivity index (χ0v) is 27.7. The molecule has 0 heterocycles. The maximum atomic E-state index is 10.6. The Morgan fingerprint density at radius 2 is 0.826 bits per heavy atom. The number of benzene rings is 2. The fraction of sp³-hybridized carbons (Fsp3) is 0.657. The summed E-state index contributed by atoms with van der Waals surface area (Å²) >= 11 is 0. The Balaban J connectivity index is 1.24. The minimum Gasteiger partial charge on any atom is -0.491 e. The molecule has 2 aromatic rings. The molecular formula is C35H55NO10. The normalized spacial score (nSPS) is 11.2. The molecule has 0 atom stereocenters. The van der Waals surface area contributed by atoms with Crippen LogP contribution in [0.3, 0.4) is 0 Å². The number of nitro benzene ring substituents is 1. The largest absolute Gasteiger partial charge is 0.491 e. The van der Waals surface area contributed by atoms with E-state index in [9.17, 15) is 10.1 Å². The van der Waals surface area contributed by atoms with Gasteiger partial charge in [0.25, 0.3) is 5.69 Å². The molecule has 2 aromatic carbocycles. The van der Waals surface area contributed by atoms with Crippen molar-refractivity contribution in [2.24, 2.45) is 0 Å². The third-order valence-corrected chi connectivity index (χ3v) is 6.89. The van der Waals surface area contributed by atoms with Crippen LogP contribution in [0.15, 0.2) is 48.5 Å². The molecule has 2 rings (SSSR count). The Kier molecular flexibility index (Phi) is 24.3. The summed E-state index contributed by atoms with van der Waals surface area (Å²) in [6.07, 6.45) is 10.5. The molecule has 0 radical (unpaired) electrons. The van der Waals surface area contributed by atoms with Crippen molar-refractivity contribution < 1.29 is 42.8 Å². The summed E-state index contributed by atoms with van der Waals surface area (Å²) in [5, 5.41) is 10.6. The standard InChI is InChI=1S/C35H55NO10/c1-2-3-4-5-6-7-8-9-32-10-14-34(15-11-32)45-30-28-43-26-24-41-22-20-39-18-19-40-21-23-42-25-27-44-29-31-46-35-16-12-33(13-17-35)36(37)38/h10-17H,2-9,18-31H2,1H3. The molecule has 0 bridgehead atoms. The van der Waals surface area contributed by atoms with E-state index in [-0.39, 0.29) is 5.69 Å². The fourth-order valence-electron chi connectivity index (χ4n) is 4.34. The molecule has 0 fully saturated rings. The maximum Gasteiger partial charge on any atom is 0.269 e. The Hall–Kier alpha value is -2.80. The van der Waals surface area contributed by atoms with Crippen LogP contribution < -0.4 is 9.47 Å². The number of unbranched alkanes of at least 4 members (excludes halogenated alkanes) is 6. The van der Waals surface area contributed by atoms with Gasteiger partial charge in [-0.3, -0.25) is 10.1 Å². The second-order valence-electron chi connectivity index (χ2n) is 10.6. The first-order chi connectivity index (χ1) is 22.7. The van der Waals surface area contributed by atoms with E-state index in [1.165, 1.54) is 62.6 Å². The molecule has 0 unspecified atom stereocenters. The van der Waals surface area contributed by atoms with Crippen LogP contribution in [-0.2, 0) is 34.8 Å². The van der Waals surface area contributed by atoms with Crippen LogP contribution in [0.4, 0.5) is 5.69 Å². The minimum absolute atomic E-state index is 0.0306. The van der Waals surface area contributed by atoms with Crippen molar-refractivity contribution in [2.45, 2.75) is 58.3 Å². The lowest BCUT2D eigenvalue weighted by atomic mass is 10.0. The van der Waals surface area contributed by atoms with Gasteiger partial charge in [-0.05, 0) is 42.7 Å². The van der Waals surface area contributed by atoms with Gasteiger partial charge in [0.2, 0.25) is 0 Å². The number of hydrogen-bond donors (Lipinski definition) is 0. The summed E-state index contributed by atoms with van der Waals surface area (Å²) in [6.45, 7) is 8.93. The molecule has 0 spiro atoms. The molecule has 260 valence electrons. The van der Waals surface area contributed by atoms with Gasteiger partial charge in [-0.2, -0.15) is 0 Å². The SMILES string of the molecule is CCCCCCCCCc1ccc(OCCOCCOCCOCCOCCOCCOCCOc2ccc([N+](=O)[O-])cc2)cc1. The van der Waals surface area contributed by atoms with Gasteiger partial charge < -0.3 is 37.9 Å². The Labute approximate surface area is 274 Å². The van der Waals surface area contributed by atoms with Gasteiger partial charge in [0.15, 0.2) is 0 Å². The minimum atomic E-state index is -0.447. The highest BCUT2D eigenvalue weighted by Crippen LogP contribution is 2.17. The van der Waals surface area contributed by atoms with Crippen molar-refractivity contribution in [1.29, 1.82) is 0 Å². The van der Waals surface area contributed by atoms with Crippen molar-refractivity contribution in [2.75, 3.05) is 92.5 Å². The van der Waals surface area contributed by atoms with Gasteiger partial charge in [0.05, 0.1) is 84.2 Å². The molecule has 11 nitrogen and oxygen atoms in total. The van der Waals surface area contributed by atoms with E-state index in [2.05, 4.69) is 19.1 Å². The van der Waals surface area contributed by atoms with Gasteiger partial charge in [-0.25, -0.2) is 0 Å². The smallest absolute Gasteiger partial charge is 0.269 e. The number of aryl methyl sites for hydroxylation is 1. The number of non-ortho nitro benzene ring substituents is 1. The third-order valence-electron chi connectivity index (χ3n) is 6.89. The van der Waals surface area contributed by atoms with Crippen LogP contribution >= 0.6 is 0 Å². The van der Waals surface area contributed by atoms with Crippen molar-refractivity contribution in [3.8, 4) is 11.5 Å². The molecule has 0 aliphatic carbocycles.